The Morgan fingerprint density at radius 2 is 1.88 bits per heavy atom. The van der Waals surface area contributed by atoms with Crippen molar-refractivity contribution >= 4 is 0 Å². The number of benzene rings is 1. The maximum Gasteiger partial charge on any atom is 0.134 e. The Balaban J connectivity index is 2.10. The zero-order valence-corrected chi connectivity index (χ0v) is 9.82. The highest BCUT2D eigenvalue weighted by molar-refractivity contribution is 5.57. The van der Waals surface area contributed by atoms with Crippen LogP contribution in [0.5, 0.6) is 0 Å². The molecule has 1 aromatic carbocycles. The van der Waals surface area contributed by atoms with E-state index in [1.807, 2.05) is 19.1 Å². The van der Waals surface area contributed by atoms with E-state index in [4.69, 9.17) is 10.2 Å². The minimum Gasteiger partial charge on any atom is -0.461 e. The average Bonchev–Trinajstić information content (AvgIpc) is 2.76. The van der Waals surface area contributed by atoms with Crippen LogP contribution in [0.25, 0.3) is 11.3 Å². The maximum absolute atomic E-state index is 12.8. The predicted octanol–water partition coefficient (Wildman–Crippen LogP) is 3.37. The number of nitrogens with two attached hydrogens (primary N) is 1. The van der Waals surface area contributed by atoms with Gasteiger partial charge in [-0.1, -0.05) is 0 Å². The molecule has 2 rings (SSSR count). The summed E-state index contributed by atoms with van der Waals surface area (Å²) in [6, 6.07) is 10.3. The van der Waals surface area contributed by atoms with Gasteiger partial charge in [-0.3, -0.25) is 0 Å². The van der Waals surface area contributed by atoms with E-state index in [1.54, 1.807) is 12.1 Å². The number of hydrogen-bond donors (Lipinski definition) is 1. The van der Waals surface area contributed by atoms with Gasteiger partial charge in [-0.05, 0) is 49.7 Å². The largest absolute Gasteiger partial charge is 0.461 e. The Morgan fingerprint density at radius 1 is 1.18 bits per heavy atom. The lowest BCUT2D eigenvalue weighted by Gasteiger charge is -2.01. The summed E-state index contributed by atoms with van der Waals surface area (Å²) in [6.07, 6.45) is 1.73. The van der Waals surface area contributed by atoms with Crippen LogP contribution in [0.15, 0.2) is 40.8 Å². The van der Waals surface area contributed by atoms with Crippen LogP contribution in [0.1, 0.15) is 19.1 Å². The van der Waals surface area contributed by atoms with Gasteiger partial charge < -0.3 is 10.2 Å². The second kappa shape index (κ2) is 5.15. The molecule has 2 nitrogen and oxygen atoms in total. The minimum atomic E-state index is -0.238. The summed E-state index contributed by atoms with van der Waals surface area (Å²) >= 11 is 0. The molecule has 0 aliphatic rings. The van der Waals surface area contributed by atoms with Crippen LogP contribution in [0.3, 0.4) is 0 Å². The van der Waals surface area contributed by atoms with Crippen LogP contribution in [0.2, 0.25) is 0 Å². The lowest BCUT2D eigenvalue weighted by Crippen LogP contribution is -2.15. The molecule has 0 saturated heterocycles. The highest BCUT2D eigenvalue weighted by atomic mass is 19.1. The Hall–Kier alpha value is -1.61. The van der Waals surface area contributed by atoms with E-state index >= 15 is 0 Å². The van der Waals surface area contributed by atoms with Crippen LogP contribution in [-0.4, -0.2) is 6.04 Å². The van der Waals surface area contributed by atoms with Gasteiger partial charge >= 0.3 is 0 Å². The molecular weight excluding hydrogens is 217 g/mol. The van der Waals surface area contributed by atoms with Crippen LogP contribution in [0, 0.1) is 5.82 Å². The van der Waals surface area contributed by atoms with E-state index in [0.29, 0.717) is 0 Å². The Bertz CT molecular complexity index is 473. The molecule has 0 aliphatic heterocycles. The third-order valence-corrected chi connectivity index (χ3v) is 2.64. The smallest absolute Gasteiger partial charge is 0.134 e. The molecule has 0 spiro atoms. The van der Waals surface area contributed by atoms with Gasteiger partial charge in [-0.25, -0.2) is 4.39 Å². The fourth-order valence-electron chi connectivity index (χ4n) is 1.65. The number of furan rings is 1. The van der Waals surface area contributed by atoms with Crippen molar-refractivity contribution in [3.63, 3.8) is 0 Å². The molecule has 1 atom stereocenters. The molecule has 0 aliphatic carbocycles. The summed E-state index contributed by atoms with van der Waals surface area (Å²) in [6.45, 7) is 1.98. The summed E-state index contributed by atoms with van der Waals surface area (Å²) in [5, 5.41) is 0. The molecule has 0 bridgehead atoms. The van der Waals surface area contributed by atoms with Crippen LogP contribution in [-0.2, 0) is 6.42 Å². The van der Waals surface area contributed by atoms with Gasteiger partial charge in [-0.15, -0.1) is 0 Å². The Labute approximate surface area is 100 Å². The van der Waals surface area contributed by atoms with E-state index in [0.717, 1.165) is 29.9 Å². The molecule has 0 fully saturated rings. The molecule has 3 heteroatoms. The van der Waals surface area contributed by atoms with Crippen molar-refractivity contribution in [2.75, 3.05) is 0 Å². The highest BCUT2D eigenvalue weighted by Gasteiger charge is 2.05. The molecule has 90 valence electrons. The van der Waals surface area contributed by atoms with Crippen molar-refractivity contribution in [3.8, 4) is 11.3 Å². The molecule has 1 unspecified atom stereocenters. The standard InChI is InChI=1S/C14H16FNO/c1-10(16)2-7-13-8-9-14(17-13)11-3-5-12(15)6-4-11/h3-6,8-10H,2,7,16H2,1H3. The molecule has 17 heavy (non-hydrogen) atoms. The van der Waals surface area contributed by atoms with Gasteiger partial charge in [0.2, 0.25) is 0 Å². The van der Waals surface area contributed by atoms with Gasteiger partial charge in [0, 0.05) is 18.0 Å². The van der Waals surface area contributed by atoms with Crippen molar-refractivity contribution in [1.82, 2.24) is 0 Å². The van der Waals surface area contributed by atoms with Crippen LogP contribution >= 0.6 is 0 Å². The number of rotatable bonds is 4. The van der Waals surface area contributed by atoms with Gasteiger partial charge in [0.05, 0.1) is 0 Å². The molecule has 0 saturated carbocycles. The third-order valence-electron chi connectivity index (χ3n) is 2.64. The zero-order valence-electron chi connectivity index (χ0n) is 9.82. The van der Waals surface area contributed by atoms with Crippen LogP contribution < -0.4 is 5.73 Å². The van der Waals surface area contributed by atoms with E-state index in [2.05, 4.69) is 0 Å². The predicted molar refractivity (Wildman–Crippen MR) is 66.1 cm³/mol. The second-order valence-corrected chi connectivity index (χ2v) is 4.29. The van der Waals surface area contributed by atoms with Gasteiger partial charge in [0.1, 0.15) is 17.3 Å². The maximum atomic E-state index is 12.8. The topological polar surface area (TPSA) is 39.2 Å². The summed E-state index contributed by atoms with van der Waals surface area (Å²) < 4.78 is 18.5. The third kappa shape index (κ3) is 3.17. The van der Waals surface area contributed by atoms with Crippen LogP contribution in [0.4, 0.5) is 4.39 Å². The van der Waals surface area contributed by atoms with Gasteiger partial charge in [-0.2, -0.15) is 0 Å². The summed E-state index contributed by atoms with van der Waals surface area (Å²) in [5.74, 6) is 1.45. The molecule has 2 aromatic rings. The van der Waals surface area contributed by atoms with Crippen molar-refractivity contribution in [2.45, 2.75) is 25.8 Å². The molecule has 0 radical (unpaired) electrons. The molecular formula is C14H16FNO. The van der Waals surface area contributed by atoms with E-state index in [-0.39, 0.29) is 11.9 Å². The summed E-state index contributed by atoms with van der Waals surface area (Å²) in [5.41, 5.74) is 6.58. The molecule has 0 amide bonds. The lowest BCUT2D eigenvalue weighted by atomic mass is 10.1. The summed E-state index contributed by atoms with van der Waals surface area (Å²) in [4.78, 5) is 0. The molecule has 1 aromatic heterocycles. The fourth-order valence-corrected chi connectivity index (χ4v) is 1.65. The average molecular weight is 233 g/mol. The van der Waals surface area contributed by atoms with Gasteiger partial charge in [0.25, 0.3) is 0 Å². The molecule has 2 N–H and O–H groups in total. The highest BCUT2D eigenvalue weighted by Crippen LogP contribution is 2.23. The molecule has 1 heterocycles. The van der Waals surface area contributed by atoms with E-state index in [1.165, 1.54) is 12.1 Å². The SMILES string of the molecule is CC(N)CCc1ccc(-c2ccc(F)cc2)o1. The lowest BCUT2D eigenvalue weighted by molar-refractivity contribution is 0.501. The first-order valence-corrected chi connectivity index (χ1v) is 5.75. The quantitative estimate of drug-likeness (QED) is 0.879. The first-order valence-electron chi connectivity index (χ1n) is 5.75. The normalized spacial score (nSPS) is 12.6. The van der Waals surface area contributed by atoms with Crippen molar-refractivity contribution in [2.24, 2.45) is 5.73 Å². The first-order chi connectivity index (χ1) is 8.15. The second-order valence-electron chi connectivity index (χ2n) is 4.29. The first kappa shape index (κ1) is 11.9. The number of aryl methyl sites for hydroxylation is 1. The zero-order chi connectivity index (χ0) is 12.3. The van der Waals surface area contributed by atoms with Gasteiger partial charge in [0.15, 0.2) is 0 Å². The minimum absolute atomic E-state index is 0.175. The van der Waals surface area contributed by atoms with E-state index < -0.39 is 0 Å². The van der Waals surface area contributed by atoms with Crippen molar-refractivity contribution in [3.05, 3.63) is 48.0 Å². The fraction of sp³-hybridized carbons (Fsp3) is 0.286. The van der Waals surface area contributed by atoms with Crippen molar-refractivity contribution < 1.29 is 8.81 Å². The van der Waals surface area contributed by atoms with Crippen molar-refractivity contribution in [1.29, 1.82) is 0 Å². The number of halogens is 1. The number of hydrogen-bond acceptors (Lipinski definition) is 2. The Morgan fingerprint density at radius 3 is 2.53 bits per heavy atom. The summed E-state index contributed by atoms with van der Waals surface area (Å²) in [7, 11) is 0. The Kier molecular flexibility index (Phi) is 3.59. The monoisotopic (exact) mass is 233 g/mol. The van der Waals surface area contributed by atoms with E-state index in [9.17, 15) is 4.39 Å².